The fourth-order valence-corrected chi connectivity index (χ4v) is 3.12. The van der Waals surface area contributed by atoms with Crippen LogP contribution in [0.4, 0.5) is 0 Å². The van der Waals surface area contributed by atoms with Crippen molar-refractivity contribution in [3.05, 3.63) is 53.1 Å². The molecular weight excluding hydrogens is 286 g/mol. The molecule has 3 rings (SSSR count). The van der Waals surface area contributed by atoms with Crippen LogP contribution in [-0.2, 0) is 24.1 Å². The van der Waals surface area contributed by atoms with Gasteiger partial charge in [0.25, 0.3) is 0 Å². The van der Waals surface area contributed by atoms with E-state index < -0.39 is 0 Å². The predicted molar refractivity (Wildman–Crippen MR) is 91.3 cm³/mol. The molecule has 122 valence electrons. The van der Waals surface area contributed by atoms with Gasteiger partial charge in [0.1, 0.15) is 5.82 Å². The molecule has 0 radical (unpaired) electrons. The number of hydrogen-bond acceptors (Lipinski definition) is 2. The van der Waals surface area contributed by atoms with Gasteiger partial charge in [0.2, 0.25) is 5.91 Å². The summed E-state index contributed by atoms with van der Waals surface area (Å²) in [7, 11) is 0. The van der Waals surface area contributed by atoms with Gasteiger partial charge < -0.3 is 10.3 Å². The topological polar surface area (TPSA) is 57.8 Å². The van der Waals surface area contributed by atoms with Crippen LogP contribution in [0.2, 0.25) is 0 Å². The van der Waals surface area contributed by atoms with Gasteiger partial charge >= 0.3 is 0 Å². The maximum atomic E-state index is 12.4. The normalized spacial score (nSPS) is 17.1. The van der Waals surface area contributed by atoms with Crippen LogP contribution in [-0.4, -0.2) is 22.4 Å². The third-order valence-corrected chi connectivity index (χ3v) is 4.54. The molecule has 0 bridgehead atoms. The van der Waals surface area contributed by atoms with Crippen LogP contribution in [0.25, 0.3) is 0 Å². The summed E-state index contributed by atoms with van der Waals surface area (Å²) in [6, 6.07) is 10.3. The Morgan fingerprint density at radius 2 is 2.13 bits per heavy atom. The zero-order chi connectivity index (χ0) is 16.2. The smallest absolute Gasteiger partial charge is 0.223 e. The van der Waals surface area contributed by atoms with Gasteiger partial charge in [-0.2, -0.15) is 0 Å². The zero-order valence-corrected chi connectivity index (χ0v) is 13.9. The van der Waals surface area contributed by atoms with Gasteiger partial charge in [-0.1, -0.05) is 44.2 Å². The Bertz CT molecular complexity index is 661. The molecule has 1 aromatic carbocycles. The first-order chi connectivity index (χ1) is 11.1. The number of H-pyrrole nitrogens is 1. The van der Waals surface area contributed by atoms with Gasteiger partial charge in [-0.25, -0.2) is 4.98 Å². The summed E-state index contributed by atoms with van der Waals surface area (Å²) >= 11 is 0. The van der Waals surface area contributed by atoms with Crippen LogP contribution in [0, 0.1) is 5.92 Å². The number of imidazole rings is 1. The van der Waals surface area contributed by atoms with Crippen LogP contribution in [0.3, 0.4) is 0 Å². The average molecular weight is 311 g/mol. The Labute approximate surface area is 137 Å². The molecule has 0 spiro atoms. The summed E-state index contributed by atoms with van der Waals surface area (Å²) in [5.41, 5.74) is 3.57. The number of rotatable bonds is 5. The highest BCUT2D eigenvalue weighted by Crippen LogP contribution is 2.25. The minimum Gasteiger partial charge on any atom is -0.356 e. The minimum atomic E-state index is 0.0683. The summed E-state index contributed by atoms with van der Waals surface area (Å²) in [5.74, 6) is 1.69. The third-order valence-electron chi connectivity index (χ3n) is 4.54. The molecule has 1 heterocycles. The molecule has 1 aliphatic rings. The van der Waals surface area contributed by atoms with Gasteiger partial charge in [-0.05, 0) is 24.8 Å². The molecule has 4 heteroatoms. The lowest BCUT2D eigenvalue weighted by molar-refractivity contribution is -0.125. The van der Waals surface area contributed by atoms with E-state index in [2.05, 4.69) is 41.3 Å². The molecule has 0 unspecified atom stereocenters. The zero-order valence-electron chi connectivity index (χ0n) is 13.9. The molecule has 2 N–H and O–H groups in total. The highest BCUT2D eigenvalue weighted by molar-refractivity contribution is 5.79. The van der Waals surface area contributed by atoms with Crippen LogP contribution < -0.4 is 5.32 Å². The summed E-state index contributed by atoms with van der Waals surface area (Å²) in [6.07, 6.45) is 3.46. The Hall–Kier alpha value is -2.10. The number of fused-ring (bicyclic) bond motifs is 1. The lowest BCUT2D eigenvalue weighted by Crippen LogP contribution is -2.35. The number of hydrogen-bond donors (Lipinski definition) is 2. The van der Waals surface area contributed by atoms with Gasteiger partial charge in [0.15, 0.2) is 0 Å². The fourth-order valence-electron chi connectivity index (χ4n) is 3.12. The maximum Gasteiger partial charge on any atom is 0.223 e. The number of aromatic amines is 1. The fraction of sp³-hybridized carbons (Fsp3) is 0.474. The van der Waals surface area contributed by atoms with Crippen molar-refractivity contribution in [1.82, 2.24) is 15.3 Å². The van der Waals surface area contributed by atoms with E-state index in [0.717, 1.165) is 42.9 Å². The Morgan fingerprint density at radius 1 is 1.35 bits per heavy atom. The molecule has 1 atom stereocenters. The predicted octanol–water partition coefficient (Wildman–Crippen LogP) is 3.00. The summed E-state index contributed by atoms with van der Waals surface area (Å²) in [6.45, 7) is 4.97. The number of amides is 1. The summed E-state index contributed by atoms with van der Waals surface area (Å²) in [5, 5.41) is 3.09. The number of nitrogens with zero attached hydrogens (tertiary/aromatic N) is 1. The lowest BCUT2D eigenvalue weighted by atomic mass is 9.89. The van der Waals surface area contributed by atoms with Crippen molar-refractivity contribution in [2.45, 2.75) is 45.4 Å². The van der Waals surface area contributed by atoms with Gasteiger partial charge in [0.05, 0.1) is 5.69 Å². The van der Waals surface area contributed by atoms with Crippen molar-refractivity contribution >= 4 is 5.91 Å². The van der Waals surface area contributed by atoms with E-state index in [4.69, 9.17) is 0 Å². The number of nitrogens with one attached hydrogen (secondary N) is 2. The average Bonchev–Trinajstić information content (AvgIpc) is 2.99. The van der Waals surface area contributed by atoms with Crippen molar-refractivity contribution in [1.29, 1.82) is 0 Å². The molecule has 1 amide bonds. The van der Waals surface area contributed by atoms with Crippen molar-refractivity contribution in [3.8, 4) is 0 Å². The van der Waals surface area contributed by atoms with Crippen molar-refractivity contribution in [2.75, 3.05) is 6.54 Å². The van der Waals surface area contributed by atoms with Crippen LogP contribution in [0.5, 0.6) is 0 Å². The molecule has 1 aromatic heterocycles. The number of aromatic nitrogens is 2. The van der Waals surface area contributed by atoms with E-state index in [1.807, 2.05) is 18.2 Å². The first kappa shape index (κ1) is 15.8. The van der Waals surface area contributed by atoms with Crippen molar-refractivity contribution in [2.24, 2.45) is 5.92 Å². The standard InChI is InChI=1S/C19H25N3O/c1-13(2)18-21-16-9-8-15(12-17(16)22-18)19(23)20-11-10-14-6-4-3-5-7-14/h3-7,13,15H,8-12H2,1-2H3,(H,20,23)(H,21,22)/t15-/m0/s1. The van der Waals surface area contributed by atoms with Crippen molar-refractivity contribution in [3.63, 3.8) is 0 Å². The maximum absolute atomic E-state index is 12.4. The molecule has 4 nitrogen and oxygen atoms in total. The highest BCUT2D eigenvalue weighted by Gasteiger charge is 2.27. The second kappa shape index (κ2) is 6.99. The molecule has 0 aliphatic heterocycles. The van der Waals surface area contributed by atoms with Crippen LogP contribution in [0.1, 0.15) is 49.0 Å². The molecule has 2 aromatic rings. The SMILES string of the molecule is CC(C)c1nc2c([nH]1)C[C@@H](C(=O)NCCc1ccccc1)CC2. The summed E-state index contributed by atoms with van der Waals surface area (Å²) in [4.78, 5) is 20.5. The first-order valence-electron chi connectivity index (χ1n) is 8.52. The van der Waals surface area contributed by atoms with E-state index >= 15 is 0 Å². The Morgan fingerprint density at radius 3 is 2.87 bits per heavy atom. The first-order valence-corrected chi connectivity index (χ1v) is 8.52. The van der Waals surface area contributed by atoms with E-state index in [9.17, 15) is 4.79 Å². The van der Waals surface area contributed by atoms with Gasteiger partial charge in [-0.3, -0.25) is 4.79 Å². The second-order valence-electron chi connectivity index (χ2n) is 6.67. The van der Waals surface area contributed by atoms with E-state index in [1.54, 1.807) is 0 Å². The number of benzene rings is 1. The summed E-state index contributed by atoms with van der Waals surface area (Å²) < 4.78 is 0. The Balaban J connectivity index is 1.52. The lowest BCUT2D eigenvalue weighted by Gasteiger charge is -2.20. The van der Waals surface area contributed by atoms with Gasteiger partial charge in [-0.15, -0.1) is 0 Å². The molecule has 1 aliphatic carbocycles. The van der Waals surface area contributed by atoms with Crippen molar-refractivity contribution < 1.29 is 4.79 Å². The Kier molecular flexibility index (Phi) is 4.79. The third kappa shape index (κ3) is 3.81. The monoisotopic (exact) mass is 311 g/mol. The molecular formula is C19H25N3O. The number of carbonyl (C=O) groups excluding carboxylic acids is 1. The molecule has 0 saturated carbocycles. The van der Waals surface area contributed by atoms with E-state index in [1.165, 1.54) is 5.56 Å². The van der Waals surface area contributed by atoms with Crippen LogP contribution >= 0.6 is 0 Å². The van der Waals surface area contributed by atoms with Gasteiger partial charge in [0, 0.05) is 30.5 Å². The molecule has 23 heavy (non-hydrogen) atoms. The second-order valence-corrected chi connectivity index (χ2v) is 6.67. The molecule has 0 saturated heterocycles. The molecule has 0 fully saturated rings. The highest BCUT2D eigenvalue weighted by atomic mass is 16.1. The minimum absolute atomic E-state index is 0.0683. The largest absolute Gasteiger partial charge is 0.356 e. The quantitative estimate of drug-likeness (QED) is 0.892. The van der Waals surface area contributed by atoms with Crippen LogP contribution in [0.15, 0.2) is 30.3 Å². The number of carbonyl (C=O) groups is 1. The van der Waals surface area contributed by atoms with E-state index in [0.29, 0.717) is 12.5 Å². The number of aryl methyl sites for hydroxylation is 1. The van der Waals surface area contributed by atoms with E-state index in [-0.39, 0.29) is 11.8 Å².